The normalized spacial score (nSPS) is 10.9. The third-order valence-corrected chi connectivity index (χ3v) is 2.56. The zero-order valence-electron chi connectivity index (χ0n) is 10.5. The standard InChI is InChI=1S/C13H25NO/c1-4-5-6-7-8-9-10-11-12-14(3)13(2)15/h10-11H,4-9,12H2,1-3H3/b11-10+. The Bertz CT molecular complexity index is 187. The van der Waals surface area contributed by atoms with Gasteiger partial charge in [0.15, 0.2) is 0 Å². The van der Waals surface area contributed by atoms with Crippen LogP contribution in [0.25, 0.3) is 0 Å². The molecule has 0 fully saturated rings. The Hall–Kier alpha value is -0.790. The van der Waals surface area contributed by atoms with E-state index in [0.29, 0.717) is 0 Å². The van der Waals surface area contributed by atoms with Crippen molar-refractivity contribution in [3.05, 3.63) is 12.2 Å². The van der Waals surface area contributed by atoms with Crippen LogP contribution in [0.2, 0.25) is 0 Å². The first-order valence-electron chi connectivity index (χ1n) is 6.05. The van der Waals surface area contributed by atoms with Crippen molar-refractivity contribution >= 4 is 5.91 Å². The lowest BCUT2D eigenvalue weighted by Crippen LogP contribution is -2.23. The van der Waals surface area contributed by atoms with Crippen molar-refractivity contribution in [2.24, 2.45) is 0 Å². The highest BCUT2D eigenvalue weighted by Crippen LogP contribution is 2.05. The topological polar surface area (TPSA) is 20.3 Å². The maximum atomic E-state index is 10.9. The summed E-state index contributed by atoms with van der Waals surface area (Å²) in [6.45, 7) is 4.57. The van der Waals surface area contributed by atoms with Crippen molar-refractivity contribution in [3.63, 3.8) is 0 Å². The van der Waals surface area contributed by atoms with Crippen LogP contribution in [-0.2, 0) is 4.79 Å². The Balaban J connectivity index is 3.28. The molecule has 0 bridgehead atoms. The molecular formula is C13H25NO. The van der Waals surface area contributed by atoms with E-state index in [1.807, 2.05) is 7.05 Å². The largest absolute Gasteiger partial charge is 0.342 e. The molecule has 2 heteroatoms. The van der Waals surface area contributed by atoms with Crippen LogP contribution >= 0.6 is 0 Å². The smallest absolute Gasteiger partial charge is 0.219 e. The molecule has 0 unspecified atom stereocenters. The number of carbonyl (C=O) groups excluding carboxylic acids is 1. The van der Waals surface area contributed by atoms with Crippen LogP contribution in [0, 0.1) is 0 Å². The molecule has 88 valence electrons. The van der Waals surface area contributed by atoms with Crippen LogP contribution in [0.3, 0.4) is 0 Å². The zero-order valence-corrected chi connectivity index (χ0v) is 10.5. The number of amides is 1. The molecule has 0 heterocycles. The highest BCUT2D eigenvalue weighted by atomic mass is 16.2. The third kappa shape index (κ3) is 9.51. The van der Waals surface area contributed by atoms with Crippen LogP contribution in [0.15, 0.2) is 12.2 Å². The SMILES string of the molecule is CCCCCCC/C=C/CN(C)C(C)=O. The number of unbranched alkanes of at least 4 members (excludes halogenated alkanes) is 5. The molecule has 0 saturated heterocycles. The summed E-state index contributed by atoms with van der Waals surface area (Å²) < 4.78 is 0. The quantitative estimate of drug-likeness (QED) is 0.445. The van der Waals surface area contributed by atoms with Gasteiger partial charge in [-0.2, -0.15) is 0 Å². The van der Waals surface area contributed by atoms with Crippen molar-refractivity contribution in [1.82, 2.24) is 4.90 Å². The van der Waals surface area contributed by atoms with E-state index >= 15 is 0 Å². The van der Waals surface area contributed by atoms with Crippen molar-refractivity contribution in [1.29, 1.82) is 0 Å². The van der Waals surface area contributed by atoms with Crippen LogP contribution in [0.1, 0.15) is 52.4 Å². The number of nitrogens with zero attached hydrogens (tertiary/aromatic N) is 1. The second kappa shape index (κ2) is 9.75. The molecule has 0 N–H and O–H groups in total. The molecule has 2 nitrogen and oxygen atoms in total. The van der Waals surface area contributed by atoms with Gasteiger partial charge in [-0.05, 0) is 12.8 Å². The predicted molar refractivity (Wildman–Crippen MR) is 65.8 cm³/mol. The van der Waals surface area contributed by atoms with Crippen molar-refractivity contribution in [2.75, 3.05) is 13.6 Å². The van der Waals surface area contributed by atoms with E-state index in [9.17, 15) is 4.79 Å². The lowest BCUT2D eigenvalue weighted by molar-refractivity contribution is -0.127. The van der Waals surface area contributed by atoms with Gasteiger partial charge in [-0.25, -0.2) is 0 Å². The Labute approximate surface area is 94.4 Å². The maximum absolute atomic E-state index is 10.9. The maximum Gasteiger partial charge on any atom is 0.219 e. The van der Waals surface area contributed by atoms with Gasteiger partial charge in [-0.1, -0.05) is 44.8 Å². The molecular weight excluding hydrogens is 186 g/mol. The third-order valence-electron chi connectivity index (χ3n) is 2.56. The van der Waals surface area contributed by atoms with Gasteiger partial charge >= 0.3 is 0 Å². The van der Waals surface area contributed by atoms with E-state index in [0.717, 1.165) is 13.0 Å². The molecule has 0 aromatic rings. The minimum absolute atomic E-state index is 0.127. The summed E-state index contributed by atoms with van der Waals surface area (Å²) in [5.74, 6) is 0.127. The van der Waals surface area contributed by atoms with Crippen LogP contribution < -0.4 is 0 Å². The number of hydrogen-bond donors (Lipinski definition) is 0. The second-order valence-electron chi connectivity index (χ2n) is 4.07. The molecule has 0 radical (unpaired) electrons. The van der Waals surface area contributed by atoms with Gasteiger partial charge in [0, 0.05) is 20.5 Å². The highest BCUT2D eigenvalue weighted by molar-refractivity contribution is 5.72. The second-order valence-corrected chi connectivity index (χ2v) is 4.07. The predicted octanol–water partition coefficient (Wildman–Crippen LogP) is 3.38. The van der Waals surface area contributed by atoms with Gasteiger partial charge in [-0.15, -0.1) is 0 Å². The molecule has 1 amide bonds. The van der Waals surface area contributed by atoms with E-state index in [1.165, 1.54) is 32.1 Å². The summed E-state index contributed by atoms with van der Waals surface area (Å²) in [4.78, 5) is 12.6. The fraction of sp³-hybridized carbons (Fsp3) is 0.769. The average Bonchev–Trinajstić information content (AvgIpc) is 2.21. The van der Waals surface area contributed by atoms with E-state index in [-0.39, 0.29) is 5.91 Å². The van der Waals surface area contributed by atoms with E-state index in [4.69, 9.17) is 0 Å². The average molecular weight is 211 g/mol. The Kier molecular flexibility index (Phi) is 9.24. The first-order chi connectivity index (χ1) is 7.18. The number of allylic oxidation sites excluding steroid dienone is 1. The molecule has 0 aliphatic heterocycles. The lowest BCUT2D eigenvalue weighted by atomic mass is 10.1. The molecule has 0 aliphatic rings. The van der Waals surface area contributed by atoms with Gasteiger partial charge in [0.05, 0.1) is 0 Å². The highest BCUT2D eigenvalue weighted by Gasteiger charge is 1.96. The van der Waals surface area contributed by atoms with Crippen LogP contribution in [-0.4, -0.2) is 24.4 Å². The number of hydrogen-bond acceptors (Lipinski definition) is 1. The summed E-state index contributed by atoms with van der Waals surface area (Å²) in [7, 11) is 1.83. The fourth-order valence-corrected chi connectivity index (χ4v) is 1.34. The number of carbonyl (C=O) groups is 1. The number of likely N-dealkylation sites (N-methyl/N-ethyl adjacent to an activating group) is 1. The van der Waals surface area contributed by atoms with Gasteiger partial charge in [0.25, 0.3) is 0 Å². The molecule has 15 heavy (non-hydrogen) atoms. The molecule has 0 aromatic heterocycles. The van der Waals surface area contributed by atoms with Crippen LogP contribution in [0.5, 0.6) is 0 Å². The monoisotopic (exact) mass is 211 g/mol. The molecule has 0 aliphatic carbocycles. The Morgan fingerprint density at radius 1 is 1.13 bits per heavy atom. The molecule has 0 aromatic carbocycles. The van der Waals surface area contributed by atoms with E-state index < -0.39 is 0 Å². The van der Waals surface area contributed by atoms with Crippen molar-refractivity contribution < 1.29 is 4.79 Å². The molecule has 0 saturated carbocycles. The van der Waals surface area contributed by atoms with E-state index in [2.05, 4.69) is 19.1 Å². The first kappa shape index (κ1) is 14.2. The molecule has 0 rings (SSSR count). The summed E-state index contributed by atoms with van der Waals surface area (Å²) in [6, 6.07) is 0. The van der Waals surface area contributed by atoms with Gasteiger partial charge in [0.2, 0.25) is 5.91 Å². The Morgan fingerprint density at radius 2 is 1.80 bits per heavy atom. The Morgan fingerprint density at radius 3 is 2.40 bits per heavy atom. The van der Waals surface area contributed by atoms with E-state index in [1.54, 1.807) is 11.8 Å². The van der Waals surface area contributed by atoms with Crippen molar-refractivity contribution in [3.8, 4) is 0 Å². The minimum atomic E-state index is 0.127. The summed E-state index contributed by atoms with van der Waals surface area (Å²) in [6.07, 6.45) is 12.1. The van der Waals surface area contributed by atoms with Gasteiger partial charge in [-0.3, -0.25) is 4.79 Å². The van der Waals surface area contributed by atoms with Crippen molar-refractivity contribution in [2.45, 2.75) is 52.4 Å². The van der Waals surface area contributed by atoms with Gasteiger partial charge < -0.3 is 4.90 Å². The van der Waals surface area contributed by atoms with Gasteiger partial charge in [0.1, 0.15) is 0 Å². The first-order valence-corrected chi connectivity index (χ1v) is 6.05. The minimum Gasteiger partial charge on any atom is -0.342 e. The fourth-order valence-electron chi connectivity index (χ4n) is 1.34. The zero-order chi connectivity index (χ0) is 11.5. The molecule has 0 atom stereocenters. The summed E-state index contributed by atoms with van der Waals surface area (Å²) in [5, 5.41) is 0. The number of rotatable bonds is 8. The lowest BCUT2D eigenvalue weighted by Gasteiger charge is -2.10. The molecule has 0 spiro atoms. The summed E-state index contributed by atoms with van der Waals surface area (Å²) >= 11 is 0. The summed E-state index contributed by atoms with van der Waals surface area (Å²) in [5.41, 5.74) is 0. The van der Waals surface area contributed by atoms with Crippen LogP contribution in [0.4, 0.5) is 0 Å².